The first-order valence-electron chi connectivity index (χ1n) is 9.09. The minimum Gasteiger partial charge on any atom is -0.355 e. The minimum atomic E-state index is -0.0537. The van der Waals surface area contributed by atoms with Crippen LogP contribution in [0.3, 0.4) is 0 Å². The van der Waals surface area contributed by atoms with Crippen molar-refractivity contribution in [3.8, 4) is 5.82 Å². The number of hydrogen-bond donors (Lipinski definition) is 1. The third kappa shape index (κ3) is 3.60. The van der Waals surface area contributed by atoms with E-state index in [0.717, 1.165) is 33.6 Å². The lowest BCUT2D eigenvalue weighted by molar-refractivity contribution is -0.120. The van der Waals surface area contributed by atoms with E-state index >= 15 is 0 Å². The average molecular weight is 395 g/mol. The number of nitrogens with one attached hydrogen (secondary N) is 1. The highest BCUT2D eigenvalue weighted by Gasteiger charge is 2.34. The van der Waals surface area contributed by atoms with Crippen LogP contribution < -0.4 is 10.2 Å². The van der Waals surface area contributed by atoms with Crippen LogP contribution in [0.25, 0.3) is 5.82 Å². The molecule has 1 aliphatic rings. The fraction of sp³-hybridized carbons (Fsp3) is 0.300. The second kappa shape index (κ2) is 7.63. The zero-order valence-corrected chi connectivity index (χ0v) is 16.9. The third-order valence-electron chi connectivity index (χ3n) is 4.81. The summed E-state index contributed by atoms with van der Waals surface area (Å²) >= 11 is 1.62. The first-order valence-corrected chi connectivity index (χ1v) is 10.3. The standard InChI is InChI=1S/C20H22N6OS/c1-13-8-14(2)26(24-13)19-9-18(21-12-22-19)25-10-15(11-25)20(27)23-16-6-4-5-7-17(16)28-3/h4-9,12,15H,10-11H2,1-3H3,(H,23,27). The van der Waals surface area contributed by atoms with Crippen molar-refractivity contribution in [2.75, 3.05) is 29.6 Å². The summed E-state index contributed by atoms with van der Waals surface area (Å²) in [5.74, 6) is 1.54. The average Bonchev–Trinajstić information content (AvgIpc) is 2.99. The molecule has 1 fully saturated rings. The lowest BCUT2D eigenvalue weighted by Crippen LogP contribution is -2.52. The monoisotopic (exact) mass is 394 g/mol. The zero-order chi connectivity index (χ0) is 19.7. The van der Waals surface area contributed by atoms with E-state index in [-0.39, 0.29) is 11.8 Å². The van der Waals surface area contributed by atoms with Crippen LogP contribution >= 0.6 is 11.8 Å². The molecule has 8 heteroatoms. The van der Waals surface area contributed by atoms with Gasteiger partial charge in [0.05, 0.1) is 17.3 Å². The molecule has 0 aliphatic carbocycles. The van der Waals surface area contributed by atoms with Gasteiger partial charge < -0.3 is 10.2 Å². The molecule has 2 aromatic heterocycles. The van der Waals surface area contributed by atoms with Crippen LogP contribution in [0.15, 0.2) is 47.6 Å². The van der Waals surface area contributed by atoms with Gasteiger partial charge in [0.15, 0.2) is 5.82 Å². The summed E-state index contributed by atoms with van der Waals surface area (Å²) in [6, 6.07) is 11.8. The molecule has 0 saturated carbocycles. The van der Waals surface area contributed by atoms with Crippen molar-refractivity contribution in [1.82, 2.24) is 19.7 Å². The molecule has 1 aromatic carbocycles. The number of carbonyl (C=O) groups excluding carboxylic acids is 1. The van der Waals surface area contributed by atoms with Gasteiger partial charge in [-0.3, -0.25) is 4.79 Å². The number of aryl methyl sites for hydroxylation is 2. The molecular weight excluding hydrogens is 372 g/mol. The SMILES string of the molecule is CSc1ccccc1NC(=O)C1CN(c2cc(-n3nc(C)cc3C)ncn2)C1. The summed E-state index contributed by atoms with van der Waals surface area (Å²) in [5, 5.41) is 7.52. The molecular formula is C20H22N6OS. The Morgan fingerprint density at radius 1 is 1.14 bits per heavy atom. The molecule has 0 bridgehead atoms. The molecule has 1 N–H and O–H groups in total. The molecule has 1 saturated heterocycles. The van der Waals surface area contributed by atoms with Crippen LogP contribution in [-0.2, 0) is 4.79 Å². The van der Waals surface area contributed by atoms with Gasteiger partial charge in [-0.1, -0.05) is 12.1 Å². The van der Waals surface area contributed by atoms with E-state index < -0.39 is 0 Å². The Balaban J connectivity index is 1.42. The quantitative estimate of drug-likeness (QED) is 0.670. The first-order chi connectivity index (χ1) is 13.5. The highest BCUT2D eigenvalue weighted by atomic mass is 32.2. The normalized spacial score (nSPS) is 14.0. The summed E-state index contributed by atoms with van der Waals surface area (Å²) in [7, 11) is 0. The van der Waals surface area contributed by atoms with Crippen molar-refractivity contribution in [3.05, 3.63) is 54.1 Å². The van der Waals surface area contributed by atoms with Gasteiger partial charge in [0, 0.05) is 29.7 Å². The Kier molecular flexibility index (Phi) is 5.04. The number of para-hydroxylation sites is 1. The number of nitrogens with zero attached hydrogens (tertiary/aromatic N) is 5. The van der Waals surface area contributed by atoms with Gasteiger partial charge in [-0.2, -0.15) is 5.10 Å². The summed E-state index contributed by atoms with van der Waals surface area (Å²) in [5.41, 5.74) is 2.84. The van der Waals surface area contributed by atoms with Crippen molar-refractivity contribution in [2.45, 2.75) is 18.7 Å². The molecule has 4 rings (SSSR count). The Bertz CT molecular complexity index is 1010. The van der Waals surface area contributed by atoms with Gasteiger partial charge in [0.2, 0.25) is 5.91 Å². The summed E-state index contributed by atoms with van der Waals surface area (Å²) < 4.78 is 1.81. The number of thioether (sulfide) groups is 1. The molecule has 1 aliphatic heterocycles. The summed E-state index contributed by atoms with van der Waals surface area (Å²) in [4.78, 5) is 24.4. The van der Waals surface area contributed by atoms with Gasteiger partial charge in [-0.05, 0) is 38.3 Å². The molecule has 7 nitrogen and oxygen atoms in total. The van der Waals surface area contributed by atoms with Crippen LogP contribution in [0.5, 0.6) is 0 Å². The van der Waals surface area contributed by atoms with Crippen LogP contribution in [0, 0.1) is 19.8 Å². The number of anilines is 2. The smallest absolute Gasteiger partial charge is 0.231 e. The van der Waals surface area contributed by atoms with Gasteiger partial charge >= 0.3 is 0 Å². The largest absolute Gasteiger partial charge is 0.355 e. The number of carbonyl (C=O) groups is 1. The second-order valence-electron chi connectivity index (χ2n) is 6.86. The molecule has 0 atom stereocenters. The van der Waals surface area contributed by atoms with Gasteiger partial charge in [-0.25, -0.2) is 14.6 Å². The highest BCUT2D eigenvalue weighted by Crippen LogP contribution is 2.28. The van der Waals surface area contributed by atoms with Gasteiger partial charge in [-0.15, -0.1) is 11.8 Å². The molecule has 1 amide bonds. The minimum absolute atomic E-state index is 0.0468. The van der Waals surface area contributed by atoms with Crippen molar-refractivity contribution in [1.29, 1.82) is 0 Å². The van der Waals surface area contributed by atoms with E-state index in [1.54, 1.807) is 18.1 Å². The van der Waals surface area contributed by atoms with E-state index in [1.165, 1.54) is 0 Å². The maximum Gasteiger partial charge on any atom is 0.231 e. The van der Waals surface area contributed by atoms with Gasteiger partial charge in [0.25, 0.3) is 0 Å². The van der Waals surface area contributed by atoms with E-state index in [2.05, 4.69) is 25.3 Å². The van der Waals surface area contributed by atoms with Gasteiger partial charge in [0.1, 0.15) is 12.1 Å². The molecule has 3 heterocycles. The zero-order valence-electron chi connectivity index (χ0n) is 16.1. The van der Waals surface area contributed by atoms with Crippen molar-refractivity contribution in [2.24, 2.45) is 5.92 Å². The number of benzene rings is 1. The van der Waals surface area contributed by atoms with Crippen LogP contribution in [-0.4, -0.2) is 45.0 Å². The molecule has 0 radical (unpaired) electrons. The van der Waals surface area contributed by atoms with E-state index in [4.69, 9.17) is 0 Å². The fourth-order valence-corrected chi connectivity index (χ4v) is 3.85. The lowest BCUT2D eigenvalue weighted by Gasteiger charge is -2.39. The lowest BCUT2D eigenvalue weighted by atomic mass is 9.99. The first kappa shape index (κ1) is 18.5. The number of aromatic nitrogens is 4. The summed E-state index contributed by atoms with van der Waals surface area (Å²) in [6.07, 6.45) is 3.55. The Hall–Kier alpha value is -2.87. The van der Waals surface area contributed by atoms with E-state index in [1.807, 2.05) is 61.2 Å². The van der Waals surface area contributed by atoms with Crippen LogP contribution in [0.1, 0.15) is 11.4 Å². The van der Waals surface area contributed by atoms with E-state index in [9.17, 15) is 4.79 Å². The van der Waals surface area contributed by atoms with Crippen molar-refractivity contribution in [3.63, 3.8) is 0 Å². The molecule has 0 spiro atoms. The maximum atomic E-state index is 12.6. The fourth-order valence-electron chi connectivity index (χ4n) is 3.30. The Labute approximate surface area is 168 Å². The van der Waals surface area contributed by atoms with Crippen LogP contribution in [0.4, 0.5) is 11.5 Å². The molecule has 3 aromatic rings. The van der Waals surface area contributed by atoms with Crippen molar-refractivity contribution >= 4 is 29.2 Å². The number of hydrogen-bond acceptors (Lipinski definition) is 6. The third-order valence-corrected chi connectivity index (χ3v) is 5.60. The molecule has 28 heavy (non-hydrogen) atoms. The molecule has 0 unspecified atom stereocenters. The predicted octanol–water partition coefficient (Wildman–Crippen LogP) is 3.08. The van der Waals surface area contributed by atoms with Crippen LogP contribution in [0.2, 0.25) is 0 Å². The van der Waals surface area contributed by atoms with E-state index in [0.29, 0.717) is 13.1 Å². The predicted molar refractivity (Wildman–Crippen MR) is 111 cm³/mol. The molecule has 144 valence electrons. The maximum absolute atomic E-state index is 12.6. The Morgan fingerprint density at radius 3 is 2.61 bits per heavy atom. The highest BCUT2D eigenvalue weighted by molar-refractivity contribution is 7.98. The topological polar surface area (TPSA) is 75.9 Å². The summed E-state index contributed by atoms with van der Waals surface area (Å²) in [6.45, 7) is 5.24. The second-order valence-corrected chi connectivity index (χ2v) is 7.71. The Morgan fingerprint density at radius 2 is 1.89 bits per heavy atom. The number of amides is 1. The number of rotatable bonds is 5. The van der Waals surface area contributed by atoms with Crippen molar-refractivity contribution < 1.29 is 4.79 Å².